The molecule has 1 unspecified atom stereocenters. The van der Waals surface area contributed by atoms with Crippen molar-refractivity contribution in [1.82, 2.24) is 4.90 Å². The summed E-state index contributed by atoms with van der Waals surface area (Å²) in [5, 5.41) is 0. The molecule has 3 heteroatoms. The molecule has 1 fully saturated rings. The van der Waals surface area contributed by atoms with E-state index in [1.54, 1.807) is 7.11 Å². The monoisotopic (exact) mass is 186 g/mol. The van der Waals surface area contributed by atoms with Gasteiger partial charge in [-0.25, -0.2) is 0 Å². The molecule has 0 aromatic rings. The van der Waals surface area contributed by atoms with E-state index in [-0.39, 0.29) is 0 Å². The predicted octanol–water partition coefficient (Wildman–Crippen LogP) is 0.690. The van der Waals surface area contributed by atoms with Crippen molar-refractivity contribution in [3.8, 4) is 0 Å². The molecule has 1 rings (SSSR count). The molecule has 0 bridgehead atoms. The summed E-state index contributed by atoms with van der Waals surface area (Å²) in [5.74, 6) is 0.819. The number of nitrogens with two attached hydrogens (primary N) is 1. The fraction of sp³-hybridized carbons (Fsp3) is 1.00. The molecule has 1 saturated carbocycles. The quantitative estimate of drug-likeness (QED) is 0.686. The molecule has 13 heavy (non-hydrogen) atoms. The van der Waals surface area contributed by atoms with E-state index in [0.29, 0.717) is 12.1 Å². The largest absolute Gasteiger partial charge is 0.383 e. The van der Waals surface area contributed by atoms with Crippen LogP contribution in [-0.2, 0) is 4.74 Å². The zero-order chi connectivity index (χ0) is 9.84. The molecule has 1 aliphatic carbocycles. The zero-order valence-corrected chi connectivity index (χ0v) is 8.99. The summed E-state index contributed by atoms with van der Waals surface area (Å²) in [4.78, 5) is 2.36. The fourth-order valence-electron chi connectivity index (χ4n) is 1.89. The lowest BCUT2D eigenvalue weighted by Gasteiger charge is -2.37. The maximum Gasteiger partial charge on any atom is 0.0615 e. The van der Waals surface area contributed by atoms with Crippen LogP contribution in [0.15, 0.2) is 0 Å². The normalized spacial score (nSPS) is 30.2. The minimum absolute atomic E-state index is 0.469. The van der Waals surface area contributed by atoms with E-state index in [1.165, 1.54) is 12.8 Å². The van der Waals surface area contributed by atoms with E-state index in [1.807, 2.05) is 0 Å². The van der Waals surface area contributed by atoms with E-state index in [4.69, 9.17) is 10.5 Å². The standard InChI is InChI=1S/C10H22N2O/c1-8(7-13-3)12(2)6-9-4-10(11)5-9/h8-10H,4-7,11H2,1-3H3. The summed E-state index contributed by atoms with van der Waals surface area (Å²) < 4.78 is 5.11. The molecular formula is C10H22N2O. The molecule has 0 aromatic heterocycles. The van der Waals surface area contributed by atoms with Gasteiger partial charge in [-0.2, -0.15) is 0 Å². The number of hydrogen-bond donors (Lipinski definition) is 1. The van der Waals surface area contributed by atoms with Crippen molar-refractivity contribution in [2.24, 2.45) is 11.7 Å². The summed E-state index contributed by atoms with van der Waals surface area (Å²) in [7, 11) is 3.91. The van der Waals surface area contributed by atoms with Crippen molar-refractivity contribution in [1.29, 1.82) is 0 Å². The van der Waals surface area contributed by atoms with Crippen molar-refractivity contribution >= 4 is 0 Å². The van der Waals surface area contributed by atoms with Crippen LogP contribution in [0.1, 0.15) is 19.8 Å². The molecule has 78 valence electrons. The Morgan fingerprint density at radius 2 is 2.15 bits per heavy atom. The lowest BCUT2D eigenvalue weighted by molar-refractivity contribution is 0.0889. The van der Waals surface area contributed by atoms with Gasteiger partial charge in [0.2, 0.25) is 0 Å². The summed E-state index contributed by atoms with van der Waals surface area (Å²) >= 11 is 0. The highest BCUT2D eigenvalue weighted by Gasteiger charge is 2.27. The number of hydrogen-bond acceptors (Lipinski definition) is 3. The van der Waals surface area contributed by atoms with E-state index < -0.39 is 0 Å². The summed E-state index contributed by atoms with van der Waals surface area (Å²) in [6.45, 7) is 4.18. The smallest absolute Gasteiger partial charge is 0.0615 e. The molecular weight excluding hydrogens is 164 g/mol. The third-order valence-electron chi connectivity index (χ3n) is 2.98. The first kappa shape index (κ1) is 11.0. The lowest BCUT2D eigenvalue weighted by atomic mass is 9.80. The Bertz CT molecular complexity index is 146. The Morgan fingerprint density at radius 1 is 1.54 bits per heavy atom. The third-order valence-corrected chi connectivity index (χ3v) is 2.98. The van der Waals surface area contributed by atoms with Crippen LogP contribution in [0.4, 0.5) is 0 Å². The highest BCUT2D eigenvalue weighted by atomic mass is 16.5. The van der Waals surface area contributed by atoms with Gasteiger partial charge in [-0.3, -0.25) is 0 Å². The highest BCUT2D eigenvalue weighted by molar-refractivity contribution is 4.84. The zero-order valence-electron chi connectivity index (χ0n) is 8.99. The van der Waals surface area contributed by atoms with Crippen molar-refractivity contribution < 1.29 is 4.74 Å². The van der Waals surface area contributed by atoms with Gasteiger partial charge < -0.3 is 15.4 Å². The van der Waals surface area contributed by atoms with E-state index in [0.717, 1.165) is 19.1 Å². The van der Waals surface area contributed by atoms with Crippen LogP contribution in [0, 0.1) is 5.92 Å². The molecule has 0 amide bonds. The van der Waals surface area contributed by atoms with Gasteiger partial charge in [-0.1, -0.05) is 0 Å². The van der Waals surface area contributed by atoms with E-state index >= 15 is 0 Å². The third kappa shape index (κ3) is 3.25. The van der Waals surface area contributed by atoms with Gasteiger partial charge in [0, 0.05) is 25.7 Å². The SMILES string of the molecule is COCC(C)N(C)CC1CC(N)C1. The Hall–Kier alpha value is -0.120. The van der Waals surface area contributed by atoms with E-state index in [9.17, 15) is 0 Å². The first-order valence-electron chi connectivity index (χ1n) is 5.08. The van der Waals surface area contributed by atoms with Gasteiger partial charge in [-0.15, -0.1) is 0 Å². The molecule has 1 aliphatic rings. The van der Waals surface area contributed by atoms with Crippen LogP contribution in [-0.4, -0.2) is 44.3 Å². The van der Waals surface area contributed by atoms with E-state index in [2.05, 4.69) is 18.9 Å². The molecule has 2 N–H and O–H groups in total. The summed E-state index contributed by atoms with van der Waals surface area (Å²) in [6.07, 6.45) is 2.40. The summed E-state index contributed by atoms with van der Waals surface area (Å²) in [5.41, 5.74) is 5.74. The molecule has 0 heterocycles. The molecule has 3 nitrogen and oxygen atoms in total. The molecule has 1 atom stereocenters. The van der Waals surface area contributed by atoms with Gasteiger partial charge in [-0.05, 0) is 32.7 Å². The number of rotatable bonds is 5. The van der Waals surface area contributed by atoms with Crippen molar-refractivity contribution in [2.75, 3.05) is 27.3 Å². The minimum atomic E-state index is 0.469. The van der Waals surface area contributed by atoms with Crippen LogP contribution < -0.4 is 5.73 Å². The Morgan fingerprint density at radius 3 is 2.62 bits per heavy atom. The molecule has 0 radical (unpaired) electrons. The highest BCUT2D eigenvalue weighted by Crippen LogP contribution is 2.26. The molecule has 0 spiro atoms. The number of methoxy groups -OCH3 is 1. The molecule has 0 aromatic carbocycles. The van der Waals surface area contributed by atoms with Crippen LogP contribution >= 0.6 is 0 Å². The Balaban J connectivity index is 2.13. The number of ether oxygens (including phenoxy) is 1. The lowest BCUT2D eigenvalue weighted by Crippen LogP contribution is -2.44. The van der Waals surface area contributed by atoms with Crippen molar-refractivity contribution in [2.45, 2.75) is 31.8 Å². The second-order valence-corrected chi connectivity index (χ2v) is 4.34. The first-order chi connectivity index (χ1) is 6.13. The fourth-order valence-corrected chi connectivity index (χ4v) is 1.89. The van der Waals surface area contributed by atoms with Crippen LogP contribution in [0.5, 0.6) is 0 Å². The van der Waals surface area contributed by atoms with Crippen LogP contribution in [0.2, 0.25) is 0 Å². The number of likely N-dealkylation sites (N-methyl/N-ethyl adjacent to an activating group) is 1. The maximum absolute atomic E-state index is 5.74. The van der Waals surface area contributed by atoms with Gasteiger partial charge in [0.1, 0.15) is 0 Å². The van der Waals surface area contributed by atoms with Gasteiger partial charge in [0.05, 0.1) is 6.61 Å². The van der Waals surface area contributed by atoms with Crippen LogP contribution in [0.3, 0.4) is 0 Å². The second-order valence-electron chi connectivity index (χ2n) is 4.34. The molecule has 0 aliphatic heterocycles. The number of nitrogens with zero attached hydrogens (tertiary/aromatic N) is 1. The Labute approximate surface area is 81.2 Å². The maximum atomic E-state index is 5.74. The van der Waals surface area contributed by atoms with Gasteiger partial charge in [0.15, 0.2) is 0 Å². The van der Waals surface area contributed by atoms with Crippen molar-refractivity contribution in [3.05, 3.63) is 0 Å². The minimum Gasteiger partial charge on any atom is -0.383 e. The Kier molecular flexibility index (Phi) is 4.16. The predicted molar refractivity (Wildman–Crippen MR) is 54.7 cm³/mol. The van der Waals surface area contributed by atoms with Gasteiger partial charge >= 0.3 is 0 Å². The topological polar surface area (TPSA) is 38.5 Å². The average molecular weight is 186 g/mol. The second kappa shape index (κ2) is 4.94. The molecule has 0 saturated heterocycles. The van der Waals surface area contributed by atoms with Crippen molar-refractivity contribution in [3.63, 3.8) is 0 Å². The van der Waals surface area contributed by atoms with Crippen LogP contribution in [0.25, 0.3) is 0 Å². The van der Waals surface area contributed by atoms with Gasteiger partial charge in [0.25, 0.3) is 0 Å². The summed E-state index contributed by atoms with van der Waals surface area (Å²) in [6, 6.07) is 0.984. The average Bonchev–Trinajstić information content (AvgIpc) is 2.02. The first-order valence-corrected chi connectivity index (χ1v) is 5.08.